The first-order valence-corrected chi connectivity index (χ1v) is 6.79. The molecule has 0 aromatic heterocycles. The minimum Gasteiger partial charge on any atom is -0.310 e. The Labute approximate surface area is 111 Å². The summed E-state index contributed by atoms with van der Waals surface area (Å²) in [4.78, 5) is 0. The zero-order valence-corrected chi connectivity index (χ0v) is 12.1. The van der Waals surface area contributed by atoms with E-state index in [9.17, 15) is 0 Å². The molecule has 0 spiro atoms. The van der Waals surface area contributed by atoms with Crippen LogP contribution in [-0.4, -0.2) is 6.54 Å². The van der Waals surface area contributed by atoms with E-state index in [2.05, 4.69) is 45.1 Å². The molecule has 0 saturated carbocycles. The SMILES string of the molecule is CCC(NCCC(C)(C)C)c1cccc(Cl)c1. The van der Waals surface area contributed by atoms with Gasteiger partial charge in [-0.05, 0) is 42.5 Å². The van der Waals surface area contributed by atoms with Crippen LogP contribution in [0.3, 0.4) is 0 Å². The van der Waals surface area contributed by atoms with Gasteiger partial charge in [-0.2, -0.15) is 0 Å². The molecule has 96 valence electrons. The maximum atomic E-state index is 6.02. The van der Waals surface area contributed by atoms with Crippen molar-refractivity contribution in [2.45, 2.75) is 46.6 Å². The van der Waals surface area contributed by atoms with Crippen LogP contribution in [0.1, 0.15) is 52.1 Å². The van der Waals surface area contributed by atoms with Gasteiger partial charge in [-0.25, -0.2) is 0 Å². The Balaban J connectivity index is 2.54. The van der Waals surface area contributed by atoms with Crippen molar-refractivity contribution < 1.29 is 0 Å². The van der Waals surface area contributed by atoms with Gasteiger partial charge in [0.05, 0.1) is 0 Å². The lowest BCUT2D eigenvalue weighted by Crippen LogP contribution is -2.25. The largest absolute Gasteiger partial charge is 0.310 e. The Kier molecular flexibility index (Phi) is 5.48. The van der Waals surface area contributed by atoms with Gasteiger partial charge >= 0.3 is 0 Å². The van der Waals surface area contributed by atoms with Crippen molar-refractivity contribution >= 4 is 11.6 Å². The summed E-state index contributed by atoms with van der Waals surface area (Å²) in [5.74, 6) is 0. The van der Waals surface area contributed by atoms with E-state index < -0.39 is 0 Å². The van der Waals surface area contributed by atoms with Crippen molar-refractivity contribution in [3.05, 3.63) is 34.9 Å². The van der Waals surface area contributed by atoms with Crippen LogP contribution in [0.5, 0.6) is 0 Å². The molecule has 1 rings (SSSR count). The van der Waals surface area contributed by atoms with E-state index in [-0.39, 0.29) is 0 Å². The predicted molar refractivity (Wildman–Crippen MR) is 76.6 cm³/mol. The normalized spacial score (nSPS) is 13.7. The summed E-state index contributed by atoms with van der Waals surface area (Å²) in [6, 6.07) is 8.55. The minimum absolute atomic E-state index is 0.389. The van der Waals surface area contributed by atoms with Gasteiger partial charge in [-0.1, -0.05) is 51.4 Å². The second-order valence-electron chi connectivity index (χ2n) is 5.78. The molecule has 0 bridgehead atoms. The van der Waals surface area contributed by atoms with E-state index in [1.54, 1.807) is 0 Å². The van der Waals surface area contributed by atoms with E-state index in [1.165, 1.54) is 12.0 Å². The molecule has 1 aromatic rings. The summed E-state index contributed by atoms with van der Waals surface area (Å²) in [7, 11) is 0. The van der Waals surface area contributed by atoms with Crippen molar-refractivity contribution in [2.75, 3.05) is 6.54 Å². The molecule has 1 nitrogen and oxygen atoms in total. The number of halogens is 1. The second-order valence-corrected chi connectivity index (χ2v) is 6.22. The van der Waals surface area contributed by atoms with Crippen molar-refractivity contribution in [3.63, 3.8) is 0 Å². The van der Waals surface area contributed by atoms with Crippen molar-refractivity contribution in [1.82, 2.24) is 5.32 Å². The highest BCUT2D eigenvalue weighted by Crippen LogP contribution is 2.22. The van der Waals surface area contributed by atoms with Crippen LogP contribution < -0.4 is 5.32 Å². The van der Waals surface area contributed by atoms with Crippen LogP contribution in [0, 0.1) is 5.41 Å². The molecule has 0 aliphatic rings. The van der Waals surface area contributed by atoms with Gasteiger partial charge in [0.2, 0.25) is 0 Å². The number of rotatable bonds is 5. The van der Waals surface area contributed by atoms with Gasteiger partial charge in [0.25, 0.3) is 0 Å². The highest BCUT2D eigenvalue weighted by Gasteiger charge is 2.12. The molecule has 1 N–H and O–H groups in total. The maximum absolute atomic E-state index is 6.02. The Morgan fingerprint density at radius 3 is 2.53 bits per heavy atom. The average molecular weight is 254 g/mol. The first-order valence-electron chi connectivity index (χ1n) is 6.41. The van der Waals surface area contributed by atoms with E-state index in [1.807, 2.05) is 12.1 Å². The summed E-state index contributed by atoms with van der Waals surface area (Å²) < 4.78 is 0. The molecule has 17 heavy (non-hydrogen) atoms. The third kappa shape index (κ3) is 5.56. The van der Waals surface area contributed by atoms with Crippen LogP contribution in [0.2, 0.25) is 5.02 Å². The molecule has 0 saturated heterocycles. The fourth-order valence-electron chi connectivity index (χ4n) is 1.84. The Bertz CT molecular complexity index is 341. The van der Waals surface area contributed by atoms with E-state index in [4.69, 9.17) is 11.6 Å². The quantitative estimate of drug-likeness (QED) is 0.794. The first-order chi connectivity index (χ1) is 7.92. The molecule has 1 aromatic carbocycles. The summed E-state index contributed by atoms with van der Waals surface area (Å²) in [6.45, 7) is 10.1. The number of nitrogens with one attached hydrogen (secondary N) is 1. The molecular weight excluding hydrogens is 230 g/mol. The van der Waals surface area contributed by atoms with Gasteiger partial charge in [-0.15, -0.1) is 0 Å². The predicted octanol–water partition coefficient (Wildman–Crippen LogP) is 4.82. The summed E-state index contributed by atoms with van der Waals surface area (Å²) in [5, 5.41) is 4.43. The molecule has 0 heterocycles. The first kappa shape index (κ1) is 14.5. The molecule has 1 unspecified atom stereocenters. The standard InChI is InChI=1S/C15H24ClN/c1-5-14(17-10-9-15(2,3)4)12-7-6-8-13(16)11-12/h6-8,11,14,17H,5,9-10H2,1-4H3. The molecule has 0 aliphatic heterocycles. The molecule has 0 aliphatic carbocycles. The lowest BCUT2D eigenvalue weighted by molar-refractivity contribution is 0.352. The monoisotopic (exact) mass is 253 g/mol. The number of hydrogen-bond donors (Lipinski definition) is 1. The van der Waals surface area contributed by atoms with Crippen molar-refractivity contribution in [2.24, 2.45) is 5.41 Å². The second kappa shape index (κ2) is 6.42. The smallest absolute Gasteiger partial charge is 0.0409 e. The van der Waals surface area contributed by atoms with Gasteiger partial charge < -0.3 is 5.32 Å². The molecule has 1 atom stereocenters. The van der Waals surface area contributed by atoms with Crippen molar-refractivity contribution in [1.29, 1.82) is 0 Å². The Hall–Kier alpha value is -0.530. The lowest BCUT2D eigenvalue weighted by Gasteiger charge is -2.22. The zero-order chi connectivity index (χ0) is 12.9. The lowest BCUT2D eigenvalue weighted by atomic mass is 9.92. The van der Waals surface area contributed by atoms with Crippen LogP contribution in [0.25, 0.3) is 0 Å². The molecule has 2 heteroatoms. The molecule has 0 fully saturated rings. The third-order valence-electron chi connectivity index (χ3n) is 2.93. The Morgan fingerprint density at radius 1 is 1.29 bits per heavy atom. The number of hydrogen-bond acceptors (Lipinski definition) is 1. The van der Waals surface area contributed by atoms with Crippen LogP contribution in [0.4, 0.5) is 0 Å². The molecule has 0 amide bonds. The van der Waals surface area contributed by atoms with Crippen LogP contribution >= 0.6 is 11.6 Å². The van der Waals surface area contributed by atoms with Crippen LogP contribution in [0.15, 0.2) is 24.3 Å². The van der Waals surface area contributed by atoms with E-state index >= 15 is 0 Å². The van der Waals surface area contributed by atoms with Gasteiger partial charge in [-0.3, -0.25) is 0 Å². The summed E-state index contributed by atoms with van der Waals surface area (Å²) in [5.41, 5.74) is 1.67. The molecular formula is C15H24ClN. The summed E-state index contributed by atoms with van der Waals surface area (Å²) in [6.07, 6.45) is 2.27. The van der Waals surface area contributed by atoms with E-state index in [0.717, 1.165) is 18.0 Å². The van der Waals surface area contributed by atoms with Crippen molar-refractivity contribution in [3.8, 4) is 0 Å². The highest BCUT2D eigenvalue weighted by molar-refractivity contribution is 6.30. The Morgan fingerprint density at radius 2 is 2.00 bits per heavy atom. The zero-order valence-electron chi connectivity index (χ0n) is 11.4. The number of benzene rings is 1. The maximum Gasteiger partial charge on any atom is 0.0409 e. The topological polar surface area (TPSA) is 12.0 Å². The van der Waals surface area contributed by atoms with Crippen LogP contribution in [-0.2, 0) is 0 Å². The fourth-order valence-corrected chi connectivity index (χ4v) is 2.04. The minimum atomic E-state index is 0.389. The fraction of sp³-hybridized carbons (Fsp3) is 0.600. The summed E-state index contributed by atoms with van der Waals surface area (Å²) >= 11 is 6.02. The van der Waals surface area contributed by atoms with E-state index in [0.29, 0.717) is 11.5 Å². The average Bonchev–Trinajstić information content (AvgIpc) is 2.23. The van der Waals surface area contributed by atoms with Gasteiger partial charge in [0.1, 0.15) is 0 Å². The van der Waals surface area contributed by atoms with Gasteiger partial charge in [0, 0.05) is 11.1 Å². The highest BCUT2D eigenvalue weighted by atomic mass is 35.5. The molecule has 0 radical (unpaired) electrons. The van der Waals surface area contributed by atoms with Gasteiger partial charge in [0.15, 0.2) is 0 Å². The third-order valence-corrected chi connectivity index (χ3v) is 3.16.